The van der Waals surface area contributed by atoms with Gasteiger partial charge in [-0.1, -0.05) is 30.3 Å². The fraction of sp³-hybridized carbons (Fsp3) is 0.444. The van der Waals surface area contributed by atoms with Crippen LogP contribution in [0.25, 0.3) is 0 Å². The number of ether oxygens (including phenoxy) is 1. The minimum Gasteiger partial charge on any atom is -0.445 e. The van der Waals surface area contributed by atoms with Gasteiger partial charge in [0.15, 0.2) is 0 Å². The van der Waals surface area contributed by atoms with Crippen LogP contribution < -0.4 is 5.32 Å². The topological polar surface area (TPSA) is 59.4 Å². The molecular weight excluding hydrogens is 323 g/mol. The Morgan fingerprint density at radius 1 is 1.40 bits per heavy atom. The summed E-state index contributed by atoms with van der Waals surface area (Å²) in [6, 6.07) is 9.43. The van der Waals surface area contributed by atoms with E-state index in [1.54, 1.807) is 6.20 Å². The fourth-order valence-corrected chi connectivity index (χ4v) is 3.03. The molecule has 0 bridgehead atoms. The van der Waals surface area contributed by atoms with Crippen LogP contribution in [0.5, 0.6) is 0 Å². The third-order valence-corrected chi connectivity index (χ3v) is 4.44. The molecule has 0 saturated carbocycles. The second-order valence-electron chi connectivity index (χ2n) is 6.31. The summed E-state index contributed by atoms with van der Waals surface area (Å²) in [6.07, 6.45) is 2.64. The highest BCUT2D eigenvalue weighted by atomic mass is 19.1. The average Bonchev–Trinajstić information content (AvgIpc) is 3.18. The number of hydrogen-bond acceptors (Lipinski definition) is 4. The van der Waals surface area contributed by atoms with E-state index in [-0.39, 0.29) is 12.6 Å². The molecule has 2 atom stereocenters. The Balaban J connectivity index is 1.47. The molecule has 0 unspecified atom stereocenters. The second kappa shape index (κ2) is 8.11. The molecule has 1 saturated heterocycles. The largest absolute Gasteiger partial charge is 0.445 e. The molecule has 1 aliphatic rings. The van der Waals surface area contributed by atoms with Crippen LogP contribution in [-0.2, 0) is 24.9 Å². The van der Waals surface area contributed by atoms with E-state index in [0.29, 0.717) is 26.1 Å². The highest BCUT2D eigenvalue weighted by Gasteiger charge is 2.32. The predicted octanol–water partition coefficient (Wildman–Crippen LogP) is 2.26. The van der Waals surface area contributed by atoms with Gasteiger partial charge in [-0.25, -0.2) is 14.2 Å². The number of nitrogens with zero attached hydrogens (tertiary/aromatic N) is 3. The number of imidazole rings is 1. The molecule has 6 nitrogen and oxygen atoms in total. The molecule has 2 heterocycles. The zero-order valence-corrected chi connectivity index (χ0v) is 14.3. The standard InChI is InChI=1S/C18H23FN4O2/c1-22-8-7-20-17(22)12-23-11-15(19)9-16(23)10-21-18(24)25-13-14-5-3-2-4-6-14/h2-8,15-16H,9-13H2,1H3,(H,21,24)/t15-,16-/m0/s1. The van der Waals surface area contributed by atoms with E-state index >= 15 is 0 Å². The SMILES string of the molecule is Cn1ccnc1CN1C[C@@H](F)C[C@H]1CNC(=O)OCc1ccccc1. The number of aromatic nitrogens is 2. The molecule has 1 fully saturated rings. The molecule has 1 amide bonds. The van der Waals surface area contributed by atoms with Crippen LogP contribution in [0.3, 0.4) is 0 Å². The summed E-state index contributed by atoms with van der Waals surface area (Å²) in [6.45, 7) is 1.51. The lowest BCUT2D eigenvalue weighted by atomic mass is 10.2. The first-order chi connectivity index (χ1) is 12.1. The van der Waals surface area contributed by atoms with E-state index in [9.17, 15) is 9.18 Å². The average molecular weight is 346 g/mol. The Labute approximate surface area is 146 Å². The van der Waals surface area contributed by atoms with Crippen molar-refractivity contribution in [2.24, 2.45) is 7.05 Å². The van der Waals surface area contributed by atoms with Crippen molar-refractivity contribution in [1.29, 1.82) is 0 Å². The van der Waals surface area contributed by atoms with Gasteiger partial charge in [0.05, 0.1) is 6.54 Å². The highest BCUT2D eigenvalue weighted by molar-refractivity contribution is 5.67. The van der Waals surface area contributed by atoms with Crippen LogP contribution in [0.2, 0.25) is 0 Å². The normalized spacial score (nSPS) is 20.6. The number of carbonyl (C=O) groups is 1. The maximum atomic E-state index is 13.8. The summed E-state index contributed by atoms with van der Waals surface area (Å²) in [5.41, 5.74) is 0.929. The first kappa shape index (κ1) is 17.4. The first-order valence-corrected chi connectivity index (χ1v) is 8.40. The van der Waals surface area contributed by atoms with Crippen molar-refractivity contribution >= 4 is 6.09 Å². The van der Waals surface area contributed by atoms with Crippen molar-refractivity contribution < 1.29 is 13.9 Å². The van der Waals surface area contributed by atoms with Crippen LogP contribution in [-0.4, -0.2) is 45.8 Å². The van der Waals surface area contributed by atoms with Gasteiger partial charge >= 0.3 is 6.09 Å². The number of rotatable bonds is 6. The van der Waals surface area contributed by atoms with Crippen molar-refractivity contribution in [3.8, 4) is 0 Å². The summed E-state index contributed by atoms with van der Waals surface area (Å²) in [4.78, 5) is 18.2. The molecule has 0 aliphatic carbocycles. The molecule has 1 N–H and O–H groups in total. The van der Waals surface area contributed by atoms with Gasteiger partial charge < -0.3 is 14.6 Å². The lowest BCUT2D eigenvalue weighted by Crippen LogP contribution is -2.40. The number of alkyl halides is 1. The maximum Gasteiger partial charge on any atom is 0.407 e. The maximum absolute atomic E-state index is 13.8. The van der Waals surface area contributed by atoms with E-state index in [2.05, 4.69) is 10.3 Å². The lowest BCUT2D eigenvalue weighted by molar-refractivity contribution is 0.135. The van der Waals surface area contributed by atoms with Gasteiger partial charge in [0, 0.05) is 38.6 Å². The monoisotopic (exact) mass is 346 g/mol. The number of hydrogen-bond donors (Lipinski definition) is 1. The van der Waals surface area contributed by atoms with Crippen LogP contribution in [0.1, 0.15) is 17.8 Å². The third kappa shape index (κ3) is 4.79. The molecule has 0 radical (unpaired) electrons. The Bertz CT molecular complexity index is 691. The third-order valence-electron chi connectivity index (χ3n) is 4.44. The Hall–Kier alpha value is -2.41. The Kier molecular flexibility index (Phi) is 5.65. The van der Waals surface area contributed by atoms with E-state index in [4.69, 9.17) is 4.74 Å². The van der Waals surface area contributed by atoms with Crippen molar-refractivity contribution in [2.75, 3.05) is 13.1 Å². The van der Waals surface area contributed by atoms with Gasteiger partial charge in [0.25, 0.3) is 0 Å². The minimum absolute atomic E-state index is 0.0593. The molecule has 25 heavy (non-hydrogen) atoms. The highest BCUT2D eigenvalue weighted by Crippen LogP contribution is 2.21. The summed E-state index contributed by atoms with van der Waals surface area (Å²) >= 11 is 0. The number of amides is 1. The van der Waals surface area contributed by atoms with Gasteiger partial charge in [0.1, 0.15) is 18.6 Å². The van der Waals surface area contributed by atoms with E-state index < -0.39 is 12.3 Å². The molecule has 1 aromatic heterocycles. The minimum atomic E-state index is -0.882. The quantitative estimate of drug-likeness (QED) is 0.872. The zero-order valence-electron chi connectivity index (χ0n) is 14.3. The van der Waals surface area contributed by atoms with Gasteiger partial charge in [0.2, 0.25) is 0 Å². The number of alkyl carbamates (subject to hydrolysis) is 1. The first-order valence-electron chi connectivity index (χ1n) is 8.40. The number of carbonyl (C=O) groups excluding carboxylic acids is 1. The number of likely N-dealkylation sites (tertiary alicyclic amines) is 1. The Morgan fingerprint density at radius 2 is 2.20 bits per heavy atom. The van der Waals surface area contributed by atoms with E-state index in [1.165, 1.54) is 0 Å². The van der Waals surface area contributed by atoms with Crippen LogP contribution >= 0.6 is 0 Å². The number of benzene rings is 1. The van der Waals surface area contributed by atoms with Crippen molar-refractivity contribution in [1.82, 2.24) is 19.8 Å². The van der Waals surface area contributed by atoms with Gasteiger partial charge in [-0.3, -0.25) is 4.90 Å². The molecule has 3 rings (SSSR count). The predicted molar refractivity (Wildman–Crippen MR) is 91.5 cm³/mol. The van der Waals surface area contributed by atoms with E-state index in [0.717, 1.165) is 11.4 Å². The molecule has 2 aromatic rings. The fourth-order valence-electron chi connectivity index (χ4n) is 3.03. The van der Waals surface area contributed by atoms with Crippen LogP contribution in [0, 0.1) is 0 Å². The van der Waals surface area contributed by atoms with Crippen LogP contribution in [0.4, 0.5) is 9.18 Å². The summed E-state index contributed by atoms with van der Waals surface area (Å²) in [5, 5.41) is 2.74. The van der Waals surface area contributed by atoms with Gasteiger partial charge in [-0.2, -0.15) is 0 Å². The molecule has 1 aliphatic heterocycles. The summed E-state index contributed by atoms with van der Waals surface area (Å²) in [7, 11) is 1.92. The smallest absolute Gasteiger partial charge is 0.407 e. The second-order valence-corrected chi connectivity index (χ2v) is 6.31. The lowest BCUT2D eigenvalue weighted by Gasteiger charge is -2.23. The van der Waals surface area contributed by atoms with Gasteiger partial charge in [-0.05, 0) is 12.0 Å². The molecular formula is C18H23FN4O2. The van der Waals surface area contributed by atoms with Crippen LogP contribution in [0.15, 0.2) is 42.7 Å². The molecule has 0 spiro atoms. The number of halogens is 1. The molecule has 134 valence electrons. The van der Waals surface area contributed by atoms with Crippen molar-refractivity contribution in [3.05, 3.63) is 54.1 Å². The van der Waals surface area contributed by atoms with Gasteiger partial charge in [-0.15, -0.1) is 0 Å². The van der Waals surface area contributed by atoms with Crippen molar-refractivity contribution in [2.45, 2.75) is 31.8 Å². The number of nitrogens with one attached hydrogen (secondary N) is 1. The number of aryl methyl sites for hydroxylation is 1. The summed E-state index contributed by atoms with van der Waals surface area (Å²) in [5.74, 6) is 0.880. The van der Waals surface area contributed by atoms with Crippen molar-refractivity contribution in [3.63, 3.8) is 0 Å². The zero-order chi connectivity index (χ0) is 17.6. The molecule has 1 aromatic carbocycles. The Morgan fingerprint density at radius 3 is 2.92 bits per heavy atom. The summed E-state index contributed by atoms with van der Waals surface area (Å²) < 4.78 is 21.0. The van der Waals surface area contributed by atoms with E-state index in [1.807, 2.05) is 53.0 Å². The molecule has 7 heteroatoms.